The quantitative estimate of drug-likeness (QED) is 0.794. The van der Waals surface area contributed by atoms with E-state index >= 15 is 0 Å². The van der Waals surface area contributed by atoms with Crippen LogP contribution in [-0.4, -0.2) is 11.0 Å². The van der Waals surface area contributed by atoms with E-state index in [1.165, 1.54) is 30.5 Å². The van der Waals surface area contributed by atoms with E-state index in [1.807, 2.05) is 12.3 Å². The normalized spacial score (nSPS) is 22.0. The van der Waals surface area contributed by atoms with Crippen LogP contribution < -0.4 is 5.73 Å². The molecule has 0 bridgehead atoms. The largest absolute Gasteiger partial charge is 0.328 e. The fraction of sp³-hybridized carbons (Fsp3) is 0.583. The maximum Gasteiger partial charge on any atom is 0.0466 e. The molecule has 1 aliphatic carbocycles. The molecule has 0 fully saturated rings. The summed E-state index contributed by atoms with van der Waals surface area (Å²) in [6.07, 6.45) is 6.68. The number of nitrogens with zero attached hydrogens (tertiary/aromatic N) is 1. The summed E-state index contributed by atoms with van der Waals surface area (Å²) in [4.78, 5) is 4.48. The van der Waals surface area contributed by atoms with Crippen LogP contribution in [0.25, 0.3) is 0 Å². The summed E-state index contributed by atoms with van der Waals surface area (Å²) in [7, 11) is 0. The third kappa shape index (κ3) is 1.95. The van der Waals surface area contributed by atoms with Gasteiger partial charge in [-0.15, -0.1) is 0 Å². The number of hydrogen-bond acceptors (Lipinski definition) is 2. The van der Waals surface area contributed by atoms with Gasteiger partial charge in [0, 0.05) is 23.9 Å². The van der Waals surface area contributed by atoms with Crippen LogP contribution in [0.4, 0.5) is 0 Å². The van der Waals surface area contributed by atoms with Crippen LogP contribution in [0.5, 0.6) is 0 Å². The Labute approximate surface area is 85.5 Å². The maximum atomic E-state index is 5.77. The molecule has 0 amide bonds. The third-order valence-electron chi connectivity index (χ3n) is 3.05. The van der Waals surface area contributed by atoms with E-state index in [9.17, 15) is 0 Å². The topological polar surface area (TPSA) is 38.9 Å². The first kappa shape index (κ1) is 9.66. The van der Waals surface area contributed by atoms with E-state index in [-0.39, 0.29) is 0 Å². The molecule has 0 spiro atoms. The highest BCUT2D eigenvalue weighted by Crippen LogP contribution is 2.34. The number of hydrogen-bond donors (Lipinski definition) is 1. The molecule has 14 heavy (non-hydrogen) atoms. The van der Waals surface area contributed by atoms with Crippen molar-refractivity contribution in [1.82, 2.24) is 4.98 Å². The smallest absolute Gasteiger partial charge is 0.0466 e. The van der Waals surface area contributed by atoms with Crippen molar-refractivity contribution in [3.05, 3.63) is 29.6 Å². The van der Waals surface area contributed by atoms with E-state index < -0.39 is 0 Å². The summed E-state index contributed by atoms with van der Waals surface area (Å²) in [6, 6.07) is 4.56. The average molecular weight is 190 g/mol. The van der Waals surface area contributed by atoms with Gasteiger partial charge in [0.1, 0.15) is 0 Å². The van der Waals surface area contributed by atoms with Gasteiger partial charge in [-0.25, -0.2) is 0 Å². The Morgan fingerprint density at radius 1 is 1.64 bits per heavy atom. The van der Waals surface area contributed by atoms with E-state index in [0.29, 0.717) is 12.0 Å². The molecule has 2 atom stereocenters. The van der Waals surface area contributed by atoms with Gasteiger partial charge in [-0.2, -0.15) is 0 Å². The second-order valence-corrected chi connectivity index (χ2v) is 4.34. The van der Waals surface area contributed by atoms with Crippen LogP contribution in [0.1, 0.15) is 43.4 Å². The van der Waals surface area contributed by atoms with Crippen LogP contribution in [0.15, 0.2) is 18.3 Å². The Balaban J connectivity index is 2.03. The van der Waals surface area contributed by atoms with Crippen molar-refractivity contribution in [2.24, 2.45) is 5.73 Å². The molecule has 0 aliphatic heterocycles. The number of aryl methyl sites for hydroxylation is 1. The van der Waals surface area contributed by atoms with Crippen LogP contribution in [0.2, 0.25) is 0 Å². The number of fused-ring (bicyclic) bond motifs is 1. The lowest BCUT2D eigenvalue weighted by Crippen LogP contribution is -2.15. The zero-order chi connectivity index (χ0) is 9.97. The van der Waals surface area contributed by atoms with E-state index in [4.69, 9.17) is 5.73 Å². The molecule has 2 heteroatoms. The van der Waals surface area contributed by atoms with E-state index in [0.717, 1.165) is 6.42 Å². The van der Waals surface area contributed by atoms with E-state index in [2.05, 4.69) is 18.0 Å². The third-order valence-corrected chi connectivity index (χ3v) is 3.05. The van der Waals surface area contributed by atoms with Crippen molar-refractivity contribution >= 4 is 0 Å². The lowest BCUT2D eigenvalue weighted by atomic mass is 9.98. The molecule has 0 saturated carbocycles. The summed E-state index contributed by atoms with van der Waals surface area (Å²) in [5, 5.41) is 0. The minimum absolute atomic E-state index is 0.322. The summed E-state index contributed by atoms with van der Waals surface area (Å²) in [5.41, 5.74) is 8.54. The van der Waals surface area contributed by atoms with Gasteiger partial charge in [-0.1, -0.05) is 6.07 Å². The number of rotatable bonds is 3. The fourth-order valence-electron chi connectivity index (χ4n) is 2.24. The molecule has 0 saturated heterocycles. The molecular weight excluding hydrogens is 172 g/mol. The Bertz CT molecular complexity index is 307. The summed E-state index contributed by atoms with van der Waals surface area (Å²) in [5.74, 6) is 0.664. The first-order valence-electron chi connectivity index (χ1n) is 5.46. The van der Waals surface area contributed by atoms with Crippen LogP contribution >= 0.6 is 0 Å². The predicted octanol–water partition coefficient (Wildman–Crippen LogP) is 2.24. The molecular formula is C12H18N2. The Morgan fingerprint density at radius 3 is 3.29 bits per heavy atom. The fourth-order valence-corrected chi connectivity index (χ4v) is 2.24. The van der Waals surface area contributed by atoms with Crippen LogP contribution in [-0.2, 0) is 6.42 Å². The molecule has 2 rings (SSSR count). The first-order chi connectivity index (χ1) is 6.77. The molecule has 1 aliphatic rings. The minimum Gasteiger partial charge on any atom is -0.328 e. The highest BCUT2D eigenvalue weighted by molar-refractivity contribution is 5.28. The monoisotopic (exact) mass is 190 g/mol. The van der Waals surface area contributed by atoms with Gasteiger partial charge >= 0.3 is 0 Å². The van der Waals surface area contributed by atoms with Gasteiger partial charge < -0.3 is 5.73 Å². The second-order valence-electron chi connectivity index (χ2n) is 4.34. The van der Waals surface area contributed by atoms with Crippen molar-refractivity contribution in [2.45, 2.75) is 44.6 Å². The van der Waals surface area contributed by atoms with Crippen molar-refractivity contribution in [3.63, 3.8) is 0 Å². The van der Waals surface area contributed by atoms with Gasteiger partial charge in [0.15, 0.2) is 0 Å². The van der Waals surface area contributed by atoms with Crippen LogP contribution in [0.3, 0.4) is 0 Å². The predicted molar refractivity (Wildman–Crippen MR) is 58.2 cm³/mol. The molecule has 1 heterocycles. The average Bonchev–Trinajstić information content (AvgIpc) is 2.58. The van der Waals surface area contributed by atoms with Gasteiger partial charge in [0.05, 0.1) is 0 Å². The second kappa shape index (κ2) is 4.09. The summed E-state index contributed by atoms with van der Waals surface area (Å²) < 4.78 is 0. The molecule has 76 valence electrons. The molecule has 0 aromatic carbocycles. The van der Waals surface area contributed by atoms with Crippen molar-refractivity contribution < 1.29 is 0 Å². The molecule has 2 nitrogen and oxygen atoms in total. The van der Waals surface area contributed by atoms with Gasteiger partial charge in [-0.3, -0.25) is 4.98 Å². The Kier molecular flexibility index (Phi) is 2.82. The number of nitrogens with two attached hydrogens (primary N) is 1. The highest BCUT2D eigenvalue weighted by atomic mass is 14.7. The molecule has 2 unspecified atom stereocenters. The van der Waals surface area contributed by atoms with Crippen molar-refractivity contribution in [3.8, 4) is 0 Å². The SMILES string of the molecule is CC(N)CCC1CCc2cccnc21. The Hall–Kier alpha value is -0.890. The zero-order valence-corrected chi connectivity index (χ0v) is 8.74. The summed E-state index contributed by atoms with van der Waals surface area (Å²) >= 11 is 0. The lowest BCUT2D eigenvalue weighted by molar-refractivity contribution is 0.534. The molecule has 2 N–H and O–H groups in total. The van der Waals surface area contributed by atoms with Crippen molar-refractivity contribution in [1.29, 1.82) is 0 Å². The molecule has 0 radical (unpaired) electrons. The van der Waals surface area contributed by atoms with Gasteiger partial charge in [0.25, 0.3) is 0 Å². The number of pyridine rings is 1. The Morgan fingerprint density at radius 2 is 2.50 bits per heavy atom. The standard InChI is InChI=1S/C12H18N2/c1-9(13)4-5-11-7-6-10-3-2-8-14-12(10)11/h2-3,8-9,11H,4-7,13H2,1H3. The molecule has 1 aromatic heterocycles. The number of aromatic nitrogens is 1. The minimum atomic E-state index is 0.322. The van der Waals surface area contributed by atoms with Gasteiger partial charge in [-0.05, 0) is 44.2 Å². The lowest BCUT2D eigenvalue weighted by Gasteiger charge is -2.11. The highest BCUT2D eigenvalue weighted by Gasteiger charge is 2.22. The van der Waals surface area contributed by atoms with Crippen molar-refractivity contribution in [2.75, 3.05) is 0 Å². The zero-order valence-electron chi connectivity index (χ0n) is 8.74. The summed E-state index contributed by atoms with van der Waals surface area (Å²) in [6.45, 7) is 2.08. The van der Waals surface area contributed by atoms with Gasteiger partial charge in [0.2, 0.25) is 0 Å². The maximum absolute atomic E-state index is 5.77. The van der Waals surface area contributed by atoms with E-state index in [1.54, 1.807) is 0 Å². The first-order valence-corrected chi connectivity index (χ1v) is 5.46. The molecule has 1 aromatic rings. The van der Waals surface area contributed by atoms with Crippen LogP contribution in [0, 0.1) is 0 Å².